The molecule has 0 radical (unpaired) electrons. The molecule has 8 heteroatoms. The van der Waals surface area contributed by atoms with E-state index < -0.39 is 10.2 Å². The molecule has 1 aliphatic heterocycles. The van der Waals surface area contributed by atoms with Gasteiger partial charge in [0.05, 0.1) is 16.8 Å². The second-order valence-corrected chi connectivity index (χ2v) is 5.91. The van der Waals surface area contributed by atoms with Crippen LogP contribution in [0.1, 0.15) is 11.1 Å². The van der Waals surface area contributed by atoms with Crippen LogP contribution < -0.4 is 10.0 Å². The Kier molecular flexibility index (Phi) is 4.20. The zero-order valence-electron chi connectivity index (χ0n) is 10.6. The second-order valence-electron chi connectivity index (χ2n) is 4.24. The molecule has 0 saturated carbocycles. The average Bonchev–Trinajstić information content (AvgIpc) is 2.47. The number of nitriles is 2. The topological polar surface area (TPSA) is 109 Å². The number of nitrogens with zero attached hydrogens (tertiary/aromatic N) is 3. The molecule has 1 aromatic carbocycles. The van der Waals surface area contributed by atoms with Gasteiger partial charge in [-0.2, -0.15) is 23.2 Å². The molecule has 0 unspecified atom stereocenters. The fourth-order valence-corrected chi connectivity index (χ4v) is 3.11. The van der Waals surface area contributed by atoms with E-state index in [-0.39, 0.29) is 16.8 Å². The predicted molar refractivity (Wildman–Crippen MR) is 72.9 cm³/mol. The first-order valence-corrected chi connectivity index (χ1v) is 7.43. The van der Waals surface area contributed by atoms with Crippen LogP contribution in [0.15, 0.2) is 18.2 Å². The zero-order chi connectivity index (χ0) is 14.6. The van der Waals surface area contributed by atoms with E-state index in [1.54, 1.807) is 0 Å². The highest BCUT2D eigenvalue weighted by molar-refractivity contribution is 7.90. The van der Waals surface area contributed by atoms with Gasteiger partial charge in [0.25, 0.3) is 0 Å². The van der Waals surface area contributed by atoms with Crippen LogP contribution in [0, 0.1) is 22.7 Å². The van der Waals surface area contributed by atoms with Gasteiger partial charge in [0.2, 0.25) is 0 Å². The van der Waals surface area contributed by atoms with E-state index in [9.17, 15) is 8.42 Å². The molecule has 0 atom stereocenters. The molecular formula is C12H13N5O2S. The largest absolute Gasteiger partial charge is 0.314 e. The quantitative estimate of drug-likeness (QED) is 0.814. The smallest absolute Gasteiger partial charge is 0.301 e. The zero-order valence-corrected chi connectivity index (χ0v) is 11.4. The highest BCUT2D eigenvalue weighted by Crippen LogP contribution is 2.17. The molecule has 0 aliphatic carbocycles. The van der Waals surface area contributed by atoms with Gasteiger partial charge in [-0.25, -0.2) is 0 Å². The third kappa shape index (κ3) is 3.06. The Morgan fingerprint density at radius 3 is 2.40 bits per heavy atom. The Bertz CT molecular complexity index is 681. The normalized spacial score (nSPS) is 16.1. The Morgan fingerprint density at radius 1 is 1.15 bits per heavy atom. The molecule has 0 amide bonds. The number of rotatable bonds is 3. The minimum absolute atomic E-state index is 0.146. The van der Waals surface area contributed by atoms with Crippen LogP contribution in [0.3, 0.4) is 0 Å². The van der Waals surface area contributed by atoms with E-state index in [2.05, 4.69) is 10.0 Å². The third-order valence-corrected chi connectivity index (χ3v) is 4.46. The molecule has 2 N–H and O–H groups in total. The van der Waals surface area contributed by atoms with Crippen LogP contribution in [0.5, 0.6) is 0 Å². The van der Waals surface area contributed by atoms with Gasteiger partial charge < -0.3 is 5.32 Å². The molecule has 0 bridgehead atoms. The summed E-state index contributed by atoms with van der Waals surface area (Å²) in [5.74, 6) is 0. The maximum absolute atomic E-state index is 12.1. The van der Waals surface area contributed by atoms with Gasteiger partial charge in [-0.15, -0.1) is 0 Å². The summed E-state index contributed by atoms with van der Waals surface area (Å²) in [4.78, 5) is 0. The van der Waals surface area contributed by atoms with Crippen LogP contribution in [-0.4, -0.2) is 38.9 Å². The van der Waals surface area contributed by atoms with Gasteiger partial charge in [-0.1, -0.05) is 0 Å². The Hall–Kier alpha value is -2.13. The van der Waals surface area contributed by atoms with Gasteiger partial charge in [0.1, 0.15) is 12.1 Å². The lowest BCUT2D eigenvalue weighted by atomic mass is 10.1. The summed E-state index contributed by atoms with van der Waals surface area (Å²) < 4.78 is 28.1. The standard InChI is InChI=1S/C12H13N5O2S/c13-8-10-1-2-12(7-11(10)9-14)16-20(18,19)17-5-3-15-4-6-17/h1-2,7,15-16H,3-6H2. The summed E-state index contributed by atoms with van der Waals surface area (Å²) >= 11 is 0. The van der Waals surface area contributed by atoms with Crippen molar-refractivity contribution in [1.29, 1.82) is 10.5 Å². The van der Waals surface area contributed by atoms with Gasteiger partial charge in [-0.05, 0) is 18.2 Å². The number of piperazine rings is 1. The first kappa shape index (κ1) is 14.3. The minimum atomic E-state index is -3.63. The molecule has 2 rings (SSSR count). The van der Waals surface area contributed by atoms with Crippen molar-refractivity contribution >= 4 is 15.9 Å². The van der Waals surface area contributed by atoms with Crippen molar-refractivity contribution in [3.63, 3.8) is 0 Å². The van der Waals surface area contributed by atoms with Crippen molar-refractivity contribution < 1.29 is 8.42 Å². The van der Waals surface area contributed by atoms with Crippen molar-refractivity contribution in [3.05, 3.63) is 29.3 Å². The number of hydrogen-bond donors (Lipinski definition) is 2. The Balaban J connectivity index is 2.21. The molecule has 104 valence electrons. The minimum Gasteiger partial charge on any atom is -0.314 e. The number of nitrogens with one attached hydrogen (secondary N) is 2. The SMILES string of the molecule is N#Cc1ccc(NS(=O)(=O)N2CCNCC2)cc1C#N. The first-order chi connectivity index (χ1) is 9.56. The fourth-order valence-electron chi connectivity index (χ4n) is 1.90. The van der Waals surface area contributed by atoms with Gasteiger partial charge in [0.15, 0.2) is 0 Å². The molecule has 1 fully saturated rings. The highest BCUT2D eigenvalue weighted by Gasteiger charge is 2.23. The summed E-state index contributed by atoms with van der Waals surface area (Å²) in [5.41, 5.74) is 0.643. The van der Waals surface area contributed by atoms with Gasteiger partial charge in [0, 0.05) is 26.2 Å². The molecule has 0 spiro atoms. The monoisotopic (exact) mass is 291 g/mol. The molecule has 20 heavy (non-hydrogen) atoms. The lowest BCUT2D eigenvalue weighted by molar-refractivity contribution is 0.362. The number of hydrogen-bond acceptors (Lipinski definition) is 5. The molecule has 1 saturated heterocycles. The highest BCUT2D eigenvalue weighted by atomic mass is 32.2. The van der Waals surface area contributed by atoms with Crippen molar-refractivity contribution in [1.82, 2.24) is 9.62 Å². The van der Waals surface area contributed by atoms with Crippen LogP contribution in [-0.2, 0) is 10.2 Å². The average molecular weight is 291 g/mol. The maximum atomic E-state index is 12.1. The van der Waals surface area contributed by atoms with Crippen LogP contribution in [0.2, 0.25) is 0 Å². The van der Waals surface area contributed by atoms with E-state index in [0.717, 1.165) is 0 Å². The summed E-state index contributed by atoms with van der Waals surface area (Å²) in [6.45, 7) is 2.02. The first-order valence-electron chi connectivity index (χ1n) is 5.99. The lowest BCUT2D eigenvalue weighted by Crippen LogP contribution is -2.48. The predicted octanol–water partition coefficient (Wildman–Crippen LogP) is -0.00814. The number of benzene rings is 1. The van der Waals surface area contributed by atoms with Crippen molar-refractivity contribution in [2.75, 3.05) is 30.9 Å². The van der Waals surface area contributed by atoms with Crippen molar-refractivity contribution in [3.8, 4) is 12.1 Å². The van der Waals surface area contributed by atoms with Crippen LogP contribution in [0.4, 0.5) is 5.69 Å². The molecule has 1 aromatic rings. The fraction of sp³-hybridized carbons (Fsp3) is 0.333. The second kappa shape index (κ2) is 5.88. The van der Waals surface area contributed by atoms with E-state index in [1.807, 2.05) is 12.1 Å². The molecule has 1 heterocycles. The summed E-state index contributed by atoms with van der Waals surface area (Å²) in [6, 6.07) is 8.01. The van der Waals surface area contributed by atoms with Gasteiger partial charge in [-0.3, -0.25) is 4.72 Å². The van der Waals surface area contributed by atoms with E-state index >= 15 is 0 Å². The summed E-state index contributed by atoms with van der Waals surface area (Å²) in [7, 11) is -3.63. The van der Waals surface area contributed by atoms with Crippen LogP contribution >= 0.6 is 0 Å². The van der Waals surface area contributed by atoms with Crippen molar-refractivity contribution in [2.45, 2.75) is 0 Å². The molecule has 1 aliphatic rings. The Labute approximate surface area is 117 Å². The number of anilines is 1. The Morgan fingerprint density at radius 2 is 1.80 bits per heavy atom. The van der Waals surface area contributed by atoms with Crippen molar-refractivity contribution in [2.24, 2.45) is 0 Å². The maximum Gasteiger partial charge on any atom is 0.301 e. The lowest BCUT2D eigenvalue weighted by Gasteiger charge is -2.26. The van der Waals surface area contributed by atoms with E-state index in [1.165, 1.54) is 22.5 Å². The summed E-state index contributed by atoms with van der Waals surface area (Å²) in [6.07, 6.45) is 0. The summed E-state index contributed by atoms with van der Waals surface area (Å²) in [5, 5.41) is 20.8. The molecule has 0 aromatic heterocycles. The molecule has 7 nitrogen and oxygen atoms in total. The van der Waals surface area contributed by atoms with Crippen LogP contribution in [0.25, 0.3) is 0 Å². The van der Waals surface area contributed by atoms with Gasteiger partial charge >= 0.3 is 10.2 Å². The molecular weight excluding hydrogens is 278 g/mol. The van der Waals surface area contributed by atoms with E-state index in [4.69, 9.17) is 10.5 Å². The van der Waals surface area contributed by atoms with E-state index in [0.29, 0.717) is 26.2 Å². The third-order valence-electron chi connectivity index (χ3n) is 2.92.